The number of hydrogen-bond acceptors (Lipinski definition) is 3. The molecule has 0 radical (unpaired) electrons. The van der Waals surface area contributed by atoms with Gasteiger partial charge < -0.3 is 15.2 Å². The van der Waals surface area contributed by atoms with Crippen LogP contribution >= 0.6 is 0 Å². The number of methoxy groups -OCH3 is 2. The van der Waals surface area contributed by atoms with Gasteiger partial charge in [0.05, 0.1) is 14.2 Å². The monoisotopic (exact) mass is 249 g/mol. The molecule has 1 aliphatic carbocycles. The van der Waals surface area contributed by atoms with E-state index in [1.165, 1.54) is 24.0 Å². The summed E-state index contributed by atoms with van der Waals surface area (Å²) >= 11 is 0. The molecule has 0 saturated heterocycles. The molecule has 0 aromatic heterocycles. The molecule has 0 aliphatic heterocycles. The Kier molecular flexibility index (Phi) is 3.81. The van der Waals surface area contributed by atoms with Gasteiger partial charge in [-0.1, -0.05) is 19.8 Å². The first-order valence-corrected chi connectivity index (χ1v) is 6.69. The molecule has 3 nitrogen and oxygen atoms in total. The smallest absolute Gasteiger partial charge is 0.126 e. The van der Waals surface area contributed by atoms with Crippen LogP contribution in [0.2, 0.25) is 0 Å². The zero-order valence-corrected chi connectivity index (χ0v) is 11.6. The zero-order valence-electron chi connectivity index (χ0n) is 11.6. The summed E-state index contributed by atoms with van der Waals surface area (Å²) in [6, 6.07) is 4.04. The minimum atomic E-state index is -0.201. The van der Waals surface area contributed by atoms with Gasteiger partial charge in [0.15, 0.2) is 0 Å². The third-order valence-electron chi connectivity index (χ3n) is 4.02. The summed E-state index contributed by atoms with van der Waals surface area (Å²) in [5.41, 5.74) is 8.82. The molecule has 0 atom stereocenters. The molecule has 1 saturated carbocycles. The third kappa shape index (κ3) is 2.19. The van der Waals surface area contributed by atoms with Gasteiger partial charge in [0.2, 0.25) is 0 Å². The predicted octanol–water partition coefficient (Wildman–Crippen LogP) is 2.99. The fraction of sp³-hybridized carbons (Fsp3) is 0.600. The molecule has 3 heteroatoms. The summed E-state index contributed by atoms with van der Waals surface area (Å²) in [6.45, 7) is 2.14. The summed E-state index contributed by atoms with van der Waals surface area (Å²) in [7, 11) is 3.39. The van der Waals surface area contributed by atoms with E-state index in [4.69, 9.17) is 15.2 Å². The lowest BCUT2D eigenvalue weighted by molar-refractivity contribution is 0.381. The lowest BCUT2D eigenvalue weighted by Gasteiger charge is -2.28. The molecule has 2 rings (SSSR count). The first kappa shape index (κ1) is 13.2. The number of rotatable bonds is 4. The average molecular weight is 249 g/mol. The Hall–Kier alpha value is -1.22. The van der Waals surface area contributed by atoms with Crippen LogP contribution < -0.4 is 15.2 Å². The van der Waals surface area contributed by atoms with E-state index in [-0.39, 0.29) is 5.54 Å². The molecule has 0 amide bonds. The molecule has 100 valence electrons. The second kappa shape index (κ2) is 5.19. The summed E-state index contributed by atoms with van der Waals surface area (Å²) in [4.78, 5) is 0. The minimum absolute atomic E-state index is 0.201. The minimum Gasteiger partial charge on any atom is -0.497 e. The SMILES string of the molecule is CCc1c(OC)cc(OC)cc1C1(N)CCCC1. The van der Waals surface area contributed by atoms with E-state index in [9.17, 15) is 0 Å². The fourth-order valence-corrected chi connectivity index (χ4v) is 3.00. The van der Waals surface area contributed by atoms with Crippen LogP contribution in [-0.2, 0) is 12.0 Å². The summed E-state index contributed by atoms with van der Waals surface area (Å²) < 4.78 is 10.9. The van der Waals surface area contributed by atoms with Crippen molar-refractivity contribution in [3.8, 4) is 11.5 Å². The van der Waals surface area contributed by atoms with Gasteiger partial charge in [-0.3, -0.25) is 0 Å². The molecular formula is C15H23NO2. The number of ether oxygens (including phenoxy) is 2. The van der Waals surface area contributed by atoms with Crippen LogP contribution in [-0.4, -0.2) is 14.2 Å². The molecule has 0 bridgehead atoms. The summed E-state index contributed by atoms with van der Waals surface area (Å²) in [6.07, 6.45) is 5.45. The highest BCUT2D eigenvalue weighted by atomic mass is 16.5. The van der Waals surface area contributed by atoms with Crippen LogP contribution in [0.25, 0.3) is 0 Å². The maximum Gasteiger partial charge on any atom is 0.126 e. The second-order valence-corrected chi connectivity index (χ2v) is 5.07. The van der Waals surface area contributed by atoms with Gasteiger partial charge in [-0.2, -0.15) is 0 Å². The van der Waals surface area contributed by atoms with Gasteiger partial charge in [0, 0.05) is 11.6 Å². The normalized spacial score (nSPS) is 17.8. The van der Waals surface area contributed by atoms with Crippen molar-refractivity contribution in [3.63, 3.8) is 0 Å². The second-order valence-electron chi connectivity index (χ2n) is 5.07. The maximum atomic E-state index is 6.59. The molecular weight excluding hydrogens is 226 g/mol. The number of hydrogen-bond donors (Lipinski definition) is 1. The van der Waals surface area contributed by atoms with Crippen molar-refractivity contribution in [2.75, 3.05) is 14.2 Å². The average Bonchev–Trinajstić information content (AvgIpc) is 2.85. The summed E-state index contributed by atoms with van der Waals surface area (Å²) in [5, 5.41) is 0. The molecule has 18 heavy (non-hydrogen) atoms. The van der Waals surface area contributed by atoms with E-state index in [2.05, 4.69) is 13.0 Å². The quantitative estimate of drug-likeness (QED) is 0.892. The Morgan fingerprint density at radius 2 is 1.83 bits per heavy atom. The first-order valence-electron chi connectivity index (χ1n) is 6.69. The van der Waals surface area contributed by atoms with Crippen LogP contribution in [0.1, 0.15) is 43.7 Å². The van der Waals surface area contributed by atoms with E-state index < -0.39 is 0 Å². The van der Waals surface area contributed by atoms with Gasteiger partial charge in [0.25, 0.3) is 0 Å². The van der Waals surface area contributed by atoms with Gasteiger partial charge in [0.1, 0.15) is 11.5 Å². The highest BCUT2D eigenvalue weighted by molar-refractivity contribution is 5.50. The van der Waals surface area contributed by atoms with Gasteiger partial charge >= 0.3 is 0 Å². The van der Waals surface area contributed by atoms with Crippen molar-refractivity contribution in [2.24, 2.45) is 5.73 Å². The standard InChI is InChI=1S/C15H23NO2/c1-4-12-13(15(16)7-5-6-8-15)9-11(17-2)10-14(12)18-3/h9-10H,4-8,16H2,1-3H3. The highest BCUT2D eigenvalue weighted by Gasteiger charge is 2.34. The lowest BCUT2D eigenvalue weighted by Crippen LogP contribution is -2.34. The van der Waals surface area contributed by atoms with Crippen LogP contribution in [0.5, 0.6) is 11.5 Å². The van der Waals surface area contributed by atoms with E-state index in [0.717, 1.165) is 30.8 Å². The molecule has 2 N–H and O–H groups in total. The zero-order chi connectivity index (χ0) is 13.2. The summed E-state index contributed by atoms with van der Waals surface area (Å²) in [5.74, 6) is 1.72. The van der Waals surface area contributed by atoms with Crippen molar-refractivity contribution in [3.05, 3.63) is 23.3 Å². The maximum absolute atomic E-state index is 6.59. The Bertz CT molecular complexity index is 423. The molecule has 1 fully saturated rings. The molecule has 1 aromatic carbocycles. The Morgan fingerprint density at radius 1 is 1.17 bits per heavy atom. The van der Waals surface area contributed by atoms with Crippen molar-refractivity contribution in [1.29, 1.82) is 0 Å². The van der Waals surface area contributed by atoms with E-state index >= 15 is 0 Å². The highest BCUT2D eigenvalue weighted by Crippen LogP contribution is 2.42. The Morgan fingerprint density at radius 3 is 2.33 bits per heavy atom. The third-order valence-corrected chi connectivity index (χ3v) is 4.02. The molecule has 0 heterocycles. The number of nitrogens with two attached hydrogens (primary N) is 1. The molecule has 0 unspecified atom stereocenters. The Labute approximate surface area is 109 Å². The van der Waals surface area contributed by atoms with Crippen LogP contribution in [0.4, 0.5) is 0 Å². The van der Waals surface area contributed by atoms with Gasteiger partial charge in [-0.05, 0) is 36.5 Å². The van der Waals surface area contributed by atoms with Crippen LogP contribution in [0.15, 0.2) is 12.1 Å². The van der Waals surface area contributed by atoms with Gasteiger partial charge in [-0.25, -0.2) is 0 Å². The van der Waals surface area contributed by atoms with Gasteiger partial charge in [-0.15, -0.1) is 0 Å². The predicted molar refractivity (Wildman–Crippen MR) is 73.3 cm³/mol. The largest absolute Gasteiger partial charge is 0.497 e. The van der Waals surface area contributed by atoms with Crippen molar-refractivity contribution in [1.82, 2.24) is 0 Å². The van der Waals surface area contributed by atoms with Crippen molar-refractivity contribution >= 4 is 0 Å². The van der Waals surface area contributed by atoms with E-state index in [0.29, 0.717) is 0 Å². The lowest BCUT2D eigenvalue weighted by atomic mass is 9.84. The Balaban J connectivity index is 2.55. The molecule has 0 spiro atoms. The fourth-order valence-electron chi connectivity index (χ4n) is 3.00. The van der Waals surface area contributed by atoms with Crippen molar-refractivity contribution < 1.29 is 9.47 Å². The van der Waals surface area contributed by atoms with Crippen molar-refractivity contribution in [2.45, 2.75) is 44.6 Å². The van der Waals surface area contributed by atoms with Crippen LogP contribution in [0, 0.1) is 0 Å². The topological polar surface area (TPSA) is 44.5 Å². The molecule has 1 aromatic rings. The van der Waals surface area contributed by atoms with E-state index in [1.54, 1.807) is 14.2 Å². The molecule has 1 aliphatic rings. The van der Waals surface area contributed by atoms with Crippen LogP contribution in [0.3, 0.4) is 0 Å². The first-order chi connectivity index (χ1) is 8.64. The van der Waals surface area contributed by atoms with E-state index in [1.807, 2.05) is 6.07 Å². The number of benzene rings is 1.